The molecule has 3 heteroatoms. The molecule has 1 aliphatic rings. The summed E-state index contributed by atoms with van der Waals surface area (Å²) in [6, 6.07) is 4.68. The molecule has 0 bridgehead atoms. The normalized spacial score (nSPS) is 27.2. The average molecular weight is 292 g/mol. The van der Waals surface area contributed by atoms with Gasteiger partial charge in [-0.1, -0.05) is 20.8 Å². The minimum atomic E-state index is 0.427. The summed E-state index contributed by atoms with van der Waals surface area (Å²) in [6.07, 6.45) is 5.75. The van der Waals surface area contributed by atoms with Crippen LogP contribution in [-0.4, -0.2) is 31.6 Å². The van der Waals surface area contributed by atoms with Crippen LogP contribution in [0.4, 0.5) is 0 Å². The van der Waals surface area contributed by atoms with E-state index in [2.05, 4.69) is 51.1 Å². The van der Waals surface area contributed by atoms with E-state index in [1.165, 1.54) is 19.3 Å². The lowest BCUT2D eigenvalue weighted by atomic mass is 9.67. The molecule has 0 amide bonds. The van der Waals surface area contributed by atoms with Crippen molar-refractivity contribution in [2.45, 2.75) is 52.6 Å². The summed E-state index contributed by atoms with van der Waals surface area (Å²) in [7, 11) is 4.32. The van der Waals surface area contributed by atoms with Crippen LogP contribution in [0.15, 0.2) is 22.8 Å². The molecule has 1 saturated carbocycles. The van der Waals surface area contributed by atoms with Crippen LogP contribution >= 0.6 is 0 Å². The molecule has 0 aromatic carbocycles. The van der Waals surface area contributed by atoms with Crippen LogP contribution in [0, 0.1) is 17.3 Å². The molecule has 21 heavy (non-hydrogen) atoms. The highest BCUT2D eigenvalue weighted by atomic mass is 16.3. The van der Waals surface area contributed by atoms with E-state index in [1.54, 1.807) is 6.26 Å². The van der Waals surface area contributed by atoms with Gasteiger partial charge in [0.1, 0.15) is 5.76 Å². The quantitative estimate of drug-likeness (QED) is 0.895. The van der Waals surface area contributed by atoms with Gasteiger partial charge in [-0.2, -0.15) is 0 Å². The molecule has 1 heterocycles. The molecule has 2 rings (SSSR count). The summed E-state index contributed by atoms with van der Waals surface area (Å²) in [5, 5.41) is 3.54. The molecule has 3 unspecified atom stereocenters. The van der Waals surface area contributed by atoms with E-state index in [0.29, 0.717) is 11.5 Å². The van der Waals surface area contributed by atoms with Gasteiger partial charge in [-0.15, -0.1) is 0 Å². The average Bonchev–Trinajstić information content (AvgIpc) is 2.90. The zero-order valence-corrected chi connectivity index (χ0v) is 14.4. The Morgan fingerprint density at radius 3 is 2.67 bits per heavy atom. The topological polar surface area (TPSA) is 28.4 Å². The van der Waals surface area contributed by atoms with Gasteiger partial charge in [0.05, 0.1) is 12.8 Å². The number of hydrogen-bond donors (Lipinski definition) is 1. The van der Waals surface area contributed by atoms with Crippen LogP contribution in [0.2, 0.25) is 0 Å². The fraction of sp³-hybridized carbons (Fsp3) is 0.778. The lowest BCUT2D eigenvalue weighted by molar-refractivity contribution is 0.0930. The molecule has 0 aliphatic heterocycles. The third-order valence-electron chi connectivity index (χ3n) is 5.13. The Morgan fingerprint density at radius 2 is 2.10 bits per heavy atom. The number of rotatable bonds is 5. The van der Waals surface area contributed by atoms with Crippen LogP contribution in [0.1, 0.15) is 45.8 Å². The van der Waals surface area contributed by atoms with Gasteiger partial charge in [0.25, 0.3) is 0 Å². The van der Waals surface area contributed by atoms with Crippen molar-refractivity contribution in [1.29, 1.82) is 0 Å². The van der Waals surface area contributed by atoms with Gasteiger partial charge < -0.3 is 9.73 Å². The SMILES string of the molecule is CNC1CCC(C(C)(C)C)CC1CN(C)Cc1ccco1. The standard InChI is InChI=1S/C18H32N2O/c1-18(2,3)15-8-9-17(19-4)14(11-15)12-20(5)13-16-7-6-10-21-16/h6-7,10,14-15,17,19H,8-9,11-13H2,1-5H3. The van der Waals surface area contributed by atoms with E-state index in [1.807, 2.05) is 6.07 Å². The predicted molar refractivity (Wildman–Crippen MR) is 88.2 cm³/mol. The monoisotopic (exact) mass is 292 g/mol. The summed E-state index contributed by atoms with van der Waals surface area (Å²) >= 11 is 0. The fourth-order valence-corrected chi connectivity index (χ4v) is 3.77. The molecular weight excluding hydrogens is 260 g/mol. The molecule has 1 fully saturated rings. The van der Waals surface area contributed by atoms with Crippen molar-refractivity contribution in [2.24, 2.45) is 17.3 Å². The molecule has 0 spiro atoms. The van der Waals surface area contributed by atoms with Gasteiger partial charge >= 0.3 is 0 Å². The van der Waals surface area contributed by atoms with E-state index in [9.17, 15) is 0 Å². The third kappa shape index (κ3) is 4.58. The highest BCUT2D eigenvalue weighted by molar-refractivity contribution is 4.98. The zero-order chi connectivity index (χ0) is 15.5. The first-order valence-corrected chi connectivity index (χ1v) is 8.28. The second kappa shape index (κ2) is 6.97. The smallest absolute Gasteiger partial charge is 0.117 e. The number of nitrogens with one attached hydrogen (secondary N) is 1. The molecule has 3 atom stereocenters. The first-order valence-electron chi connectivity index (χ1n) is 8.28. The van der Waals surface area contributed by atoms with Crippen molar-refractivity contribution < 1.29 is 4.42 Å². The Kier molecular flexibility index (Phi) is 5.50. The Morgan fingerprint density at radius 1 is 1.33 bits per heavy atom. The van der Waals surface area contributed by atoms with Crippen LogP contribution in [0.25, 0.3) is 0 Å². The molecule has 120 valence electrons. The van der Waals surface area contributed by atoms with Crippen LogP contribution in [-0.2, 0) is 6.54 Å². The van der Waals surface area contributed by atoms with Gasteiger partial charge in [0.2, 0.25) is 0 Å². The predicted octanol–water partition coefficient (Wildman–Crippen LogP) is 3.76. The molecule has 1 N–H and O–H groups in total. The van der Waals surface area contributed by atoms with Crippen molar-refractivity contribution in [3.63, 3.8) is 0 Å². The summed E-state index contributed by atoms with van der Waals surface area (Å²) in [6.45, 7) is 9.21. The fourth-order valence-electron chi connectivity index (χ4n) is 3.77. The van der Waals surface area contributed by atoms with Gasteiger partial charge in [-0.3, -0.25) is 4.90 Å². The first-order chi connectivity index (χ1) is 9.90. The van der Waals surface area contributed by atoms with Gasteiger partial charge in [-0.25, -0.2) is 0 Å². The Hall–Kier alpha value is -0.800. The van der Waals surface area contributed by atoms with E-state index < -0.39 is 0 Å². The molecular formula is C18H32N2O. The minimum Gasteiger partial charge on any atom is -0.468 e. The van der Waals surface area contributed by atoms with E-state index in [0.717, 1.165) is 30.7 Å². The summed E-state index contributed by atoms with van der Waals surface area (Å²) < 4.78 is 5.46. The maximum atomic E-state index is 5.46. The molecule has 0 saturated heterocycles. The van der Waals surface area contributed by atoms with Crippen molar-refractivity contribution in [2.75, 3.05) is 20.6 Å². The third-order valence-corrected chi connectivity index (χ3v) is 5.13. The lowest BCUT2D eigenvalue weighted by Gasteiger charge is -2.43. The number of hydrogen-bond acceptors (Lipinski definition) is 3. The van der Waals surface area contributed by atoms with Crippen molar-refractivity contribution >= 4 is 0 Å². The first kappa shape index (κ1) is 16.6. The molecule has 1 aromatic heterocycles. The van der Waals surface area contributed by atoms with Gasteiger partial charge in [0, 0.05) is 12.6 Å². The highest BCUT2D eigenvalue weighted by Gasteiger charge is 2.35. The largest absolute Gasteiger partial charge is 0.468 e. The Bertz CT molecular complexity index is 407. The molecule has 1 aromatic rings. The maximum Gasteiger partial charge on any atom is 0.117 e. The second-order valence-electron chi connectivity index (χ2n) is 7.81. The Balaban J connectivity index is 1.94. The maximum absolute atomic E-state index is 5.46. The van der Waals surface area contributed by atoms with Crippen molar-refractivity contribution in [3.8, 4) is 0 Å². The van der Waals surface area contributed by atoms with E-state index in [4.69, 9.17) is 4.42 Å². The van der Waals surface area contributed by atoms with Gasteiger partial charge in [-0.05, 0) is 62.7 Å². The lowest BCUT2D eigenvalue weighted by Crippen LogP contribution is -2.45. The van der Waals surface area contributed by atoms with Crippen LogP contribution in [0.5, 0.6) is 0 Å². The van der Waals surface area contributed by atoms with Crippen LogP contribution < -0.4 is 5.32 Å². The summed E-state index contributed by atoms with van der Waals surface area (Å²) in [5.74, 6) is 2.62. The number of nitrogens with zero attached hydrogens (tertiary/aromatic N) is 1. The van der Waals surface area contributed by atoms with E-state index in [-0.39, 0.29) is 0 Å². The highest BCUT2D eigenvalue weighted by Crippen LogP contribution is 2.40. The second-order valence-corrected chi connectivity index (χ2v) is 7.81. The molecule has 1 aliphatic carbocycles. The van der Waals surface area contributed by atoms with Gasteiger partial charge in [0.15, 0.2) is 0 Å². The minimum absolute atomic E-state index is 0.427. The van der Waals surface area contributed by atoms with Crippen molar-refractivity contribution in [3.05, 3.63) is 24.2 Å². The van der Waals surface area contributed by atoms with E-state index >= 15 is 0 Å². The Labute approximate surface area is 130 Å². The number of furan rings is 1. The molecule has 0 radical (unpaired) electrons. The van der Waals surface area contributed by atoms with Crippen molar-refractivity contribution in [1.82, 2.24) is 10.2 Å². The molecule has 3 nitrogen and oxygen atoms in total. The summed E-state index contributed by atoms with van der Waals surface area (Å²) in [5.41, 5.74) is 0.427. The zero-order valence-electron chi connectivity index (χ0n) is 14.4. The van der Waals surface area contributed by atoms with Crippen LogP contribution in [0.3, 0.4) is 0 Å². The summed E-state index contributed by atoms with van der Waals surface area (Å²) in [4.78, 5) is 2.40.